The molecule has 98 valence electrons. The summed E-state index contributed by atoms with van der Waals surface area (Å²) in [4.78, 5) is 14.0. The van der Waals surface area contributed by atoms with Crippen LogP contribution in [0.25, 0.3) is 0 Å². The lowest BCUT2D eigenvalue weighted by Gasteiger charge is -2.20. The summed E-state index contributed by atoms with van der Waals surface area (Å²) in [6.07, 6.45) is 0. The highest BCUT2D eigenvalue weighted by atomic mass is 16.5. The number of nitriles is 1. The Labute approximate surface area is 116 Å². The van der Waals surface area contributed by atoms with Crippen LogP contribution in [0.15, 0.2) is 48.5 Å². The van der Waals surface area contributed by atoms with Crippen LogP contribution in [0.1, 0.15) is 22.0 Å². The quantitative estimate of drug-likeness (QED) is 0.838. The number of rotatable bonds is 2. The first-order valence-electron chi connectivity index (χ1n) is 6.22. The molecule has 1 heterocycles. The van der Waals surface area contributed by atoms with Gasteiger partial charge in [-0.1, -0.05) is 18.2 Å². The molecule has 4 heteroatoms. The fourth-order valence-electron chi connectivity index (χ4n) is 2.45. The molecule has 0 spiro atoms. The lowest BCUT2D eigenvalue weighted by atomic mass is 10.1. The van der Waals surface area contributed by atoms with Crippen molar-refractivity contribution in [3.05, 3.63) is 59.7 Å². The number of ether oxygens (including phenoxy) is 1. The van der Waals surface area contributed by atoms with Crippen molar-refractivity contribution in [3.8, 4) is 11.8 Å². The molecule has 3 rings (SSSR count). The van der Waals surface area contributed by atoms with Crippen molar-refractivity contribution in [2.45, 2.75) is 6.04 Å². The normalized spacial score (nSPS) is 16.7. The lowest BCUT2D eigenvalue weighted by molar-refractivity contribution is 0.0994. The van der Waals surface area contributed by atoms with Gasteiger partial charge in [-0.3, -0.25) is 9.69 Å². The van der Waals surface area contributed by atoms with Crippen LogP contribution in [0.3, 0.4) is 0 Å². The maximum absolute atomic E-state index is 12.5. The molecule has 0 N–H and O–H groups in total. The van der Waals surface area contributed by atoms with Crippen LogP contribution in [-0.4, -0.2) is 13.0 Å². The zero-order valence-corrected chi connectivity index (χ0v) is 10.9. The van der Waals surface area contributed by atoms with E-state index in [9.17, 15) is 10.1 Å². The maximum atomic E-state index is 12.5. The van der Waals surface area contributed by atoms with E-state index in [2.05, 4.69) is 6.07 Å². The van der Waals surface area contributed by atoms with E-state index in [1.807, 2.05) is 18.2 Å². The van der Waals surface area contributed by atoms with Crippen LogP contribution < -0.4 is 9.64 Å². The summed E-state index contributed by atoms with van der Waals surface area (Å²) in [7, 11) is 1.59. The van der Waals surface area contributed by atoms with E-state index in [0.717, 1.165) is 5.56 Å². The molecule has 0 fully saturated rings. The predicted octanol–water partition coefficient (Wildman–Crippen LogP) is 2.92. The summed E-state index contributed by atoms with van der Waals surface area (Å²) in [6.45, 7) is 0. The summed E-state index contributed by atoms with van der Waals surface area (Å²) in [5.74, 6) is 0.573. The van der Waals surface area contributed by atoms with Gasteiger partial charge in [-0.05, 0) is 30.3 Å². The van der Waals surface area contributed by atoms with Crippen molar-refractivity contribution in [2.24, 2.45) is 0 Å². The van der Waals surface area contributed by atoms with Gasteiger partial charge in [-0.25, -0.2) is 0 Å². The molecule has 0 saturated heterocycles. The minimum Gasteiger partial charge on any atom is -0.497 e. The Hall–Kier alpha value is -2.80. The molecule has 1 aliphatic heterocycles. The highest BCUT2D eigenvalue weighted by Gasteiger charge is 2.37. The van der Waals surface area contributed by atoms with Crippen LogP contribution in [0.5, 0.6) is 5.75 Å². The molecule has 20 heavy (non-hydrogen) atoms. The van der Waals surface area contributed by atoms with Gasteiger partial charge in [0.05, 0.1) is 13.2 Å². The van der Waals surface area contributed by atoms with Gasteiger partial charge in [0.2, 0.25) is 0 Å². The van der Waals surface area contributed by atoms with Crippen molar-refractivity contribution < 1.29 is 9.53 Å². The third-order valence-electron chi connectivity index (χ3n) is 3.44. The highest BCUT2D eigenvalue weighted by Crippen LogP contribution is 2.37. The number of carbonyl (C=O) groups excluding carboxylic acids is 1. The van der Waals surface area contributed by atoms with Crippen LogP contribution in [-0.2, 0) is 0 Å². The Kier molecular flexibility index (Phi) is 2.88. The zero-order chi connectivity index (χ0) is 14.1. The molecule has 0 unspecified atom stereocenters. The number of hydrogen-bond donors (Lipinski definition) is 0. The van der Waals surface area contributed by atoms with E-state index >= 15 is 0 Å². The monoisotopic (exact) mass is 264 g/mol. The first kappa shape index (κ1) is 12.2. The van der Waals surface area contributed by atoms with Gasteiger partial charge in [-0.15, -0.1) is 0 Å². The highest BCUT2D eigenvalue weighted by molar-refractivity contribution is 6.11. The number of hydrogen-bond acceptors (Lipinski definition) is 3. The van der Waals surface area contributed by atoms with Gasteiger partial charge >= 0.3 is 0 Å². The number of fused-ring (bicyclic) bond motifs is 1. The van der Waals surface area contributed by atoms with E-state index < -0.39 is 6.04 Å². The average Bonchev–Trinajstić information content (AvgIpc) is 2.80. The molecule has 1 aliphatic rings. The van der Waals surface area contributed by atoms with E-state index in [1.54, 1.807) is 37.4 Å². The van der Waals surface area contributed by atoms with E-state index in [4.69, 9.17) is 4.74 Å². The minimum atomic E-state index is -0.577. The molecular weight excluding hydrogens is 252 g/mol. The van der Waals surface area contributed by atoms with Crippen molar-refractivity contribution in [2.75, 3.05) is 12.0 Å². The Morgan fingerprint density at radius 2 is 1.85 bits per heavy atom. The number of methoxy groups -OCH3 is 1. The number of amides is 1. The van der Waals surface area contributed by atoms with Gasteiger partial charge in [-0.2, -0.15) is 5.26 Å². The average molecular weight is 264 g/mol. The first-order valence-corrected chi connectivity index (χ1v) is 6.22. The summed E-state index contributed by atoms with van der Waals surface area (Å²) < 4.78 is 5.11. The first-order chi connectivity index (χ1) is 9.76. The van der Waals surface area contributed by atoms with E-state index in [0.29, 0.717) is 17.0 Å². The molecule has 4 nitrogen and oxygen atoms in total. The van der Waals surface area contributed by atoms with Crippen molar-refractivity contribution >= 4 is 11.6 Å². The summed E-state index contributed by atoms with van der Waals surface area (Å²) in [6, 6.07) is 16.0. The number of carbonyl (C=O) groups is 1. The van der Waals surface area contributed by atoms with Gasteiger partial charge in [0, 0.05) is 16.8 Å². The van der Waals surface area contributed by atoms with Crippen molar-refractivity contribution in [1.29, 1.82) is 5.26 Å². The summed E-state index contributed by atoms with van der Waals surface area (Å²) in [5.41, 5.74) is 2.05. The molecule has 0 aromatic heterocycles. The fraction of sp³-hybridized carbons (Fsp3) is 0.125. The van der Waals surface area contributed by atoms with Gasteiger partial charge in [0.1, 0.15) is 5.75 Å². The Bertz CT molecular complexity index is 701. The molecule has 2 aromatic carbocycles. The van der Waals surface area contributed by atoms with Crippen molar-refractivity contribution in [1.82, 2.24) is 0 Å². The predicted molar refractivity (Wildman–Crippen MR) is 74.6 cm³/mol. The topological polar surface area (TPSA) is 53.3 Å². The number of nitrogens with zero attached hydrogens (tertiary/aromatic N) is 2. The fourth-order valence-corrected chi connectivity index (χ4v) is 2.45. The van der Waals surface area contributed by atoms with Gasteiger partial charge in [0.25, 0.3) is 5.91 Å². The number of benzene rings is 2. The molecule has 2 aromatic rings. The van der Waals surface area contributed by atoms with Crippen LogP contribution in [0, 0.1) is 11.3 Å². The second kappa shape index (κ2) is 4.71. The molecule has 1 atom stereocenters. The van der Waals surface area contributed by atoms with Crippen LogP contribution >= 0.6 is 0 Å². The molecule has 0 radical (unpaired) electrons. The zero-order valence-electron chi connectivity index (χ0n) is 10.9. The molecule has 0 bridgehead atoms. The second-order valence-electron chi connectivity index (χ2n) is 4.49. The van der Waals surface area contributed by atoms with Crippen LogP contribution in [0.2, 0.25) is 0 Å². The molecule has 0 aliphatic carbocycles. The van der Waals surface area contributed by atoms with E-state index in [-0.39, 0.29) is 5.91 Å². The molecular formula is C16H12N2O2. The van der Waals surface area contributed by atoms with Gasteiger partial charge in [0.15, 0.2) is 6.04 Å². The third kappa shape index (κ3) is 1.72. The molecule has 0 saturated carbocycles. The largest absolute Gasteiger partial charge is 0.497 e. The maximum Gasteiger partial charge on any atom is 0.260 e. The second-order valence-corrected chi connectivity index (χ2v) is 4.49. The van der Waals surface area contributed by atoms with Crippen LogP contribution in [0.4, 0.5) is 5.69 Å². The van der Waals surface area contributed by atoms with Crippen molar-refractivity contribution in [3.63, 3.8) is 0 Å². The lowest BCUT2D eigenvalue weighted by Crippen LogP contribution is -2.26. The summed E-state index contributed by atoms with van der Waals surface area (Å²) >= 11 is 0. The molecule has 1 amide bonds. The SMILES string of the molecule is COc1ccc(N2C(=O)c3ccccc3[C@@H]2C#N)cc1. The smallest absolute Gasteiger partial charge is 0.260 e. The summed E-state index contributed by atoms with van der Waals surface area (Å²) in [5, 5.41) is 9.39. The Morgan fingerprint density at radius 3 is 2.50 bits per heavy atom. The van der Waals surface area contributed by atoms with Gasteiger partial charge < -0.3 is 4.74 Å². The third-order valence-corrected chi connectivity index (χ3v) is 3.44. The number of anilines is 1. The Morgan fingerprint density at radius 1 is 1.15 bits per heavy atom. The standard InChI is InChI=1S/C16H12N2O2/c1-20-12-8-6-11(7-9-12)18-15(10-17)13-4-2-3-5-14(13)16(18)19/h2-9,15H,1H3/t15-/m0/s1. The minimum absolute atomic E-state index is 0.141. The Balaban J connectivity index is 2.06. The van der Waals surface area contributed by atoms with E-state index in [1.165, 1.54) is 4.90 Å².